The molecule has 0 unspecified atom stereocenters. The van der Waals surface area contributed by atoms with Gasteiger partial charge in [0.05, 0.1) is 5.69 Å². The number of para-hydroxylation sites is 1. The van der Waals surface area contributed by atoms with Crippen molar-refractivity contribution in [2.24, 2.45) is 4.99 Å². The summed E-state index contributed by atoms with van der Waals surface area (Å²) in [6.45, 7) is 0. The fourth-order valence-electron chi connectivity index (χ4n) is 2.64. The lowest BCUT2D eigenvalue weighted by Gasteiger charge is -2.04. The van der Waals surface area contributed by atoms with Gasteiger partial charge in [0.25, 0.3) is 0 Å². The summed E-state index contributed by atoms with van der Waals surface area (Å²) in [6, 6.07) is 10.7. The molecular formula is C20H9F5N2O2. The van der Waals surface area contributed by atoms with Gasteiger partial charge in [0.15, 0.2) is 28.9 Å². The van der Waals surface area contributed by atoms with Crippen LogP contribution < -0.4 is 0 Å². The molecular weight excluding hydrogens is 395 g/mol. The minimum Gasteiger partial charge on any atom is -0.507 e. The van der Waals surface area contributed by atoms with E-state index in [0.717, 1.165) is 0 Å². The first-order chi connectivity index (χ1) is 13.9. The number of fused-ring (bicyclic) bond motifs is 1. The van der Waals surface area contributed by atoms with Gasteiger partial charge in [-0.15, -0.1) is 0 Å². The van der Waals surface area contributed by atoms with Gasteiger partial charge in [0, 0.05) is 11.8 Å². The molecule has 1 N–H and O–H groups in total. The zero-order valence-electron chi connectivity index (χ0n) is 14.3. The Morgan fingerprint density at radius 1 is 0.862 bits per heavy atom. The summed E-state index contributed by atoms with van der Waals surface area (Å²) in [5, 5.41) is 9.73. The summed E-state index contributed by atoms with van der Waals surface area (Å²) in [5.74, 6) is -11.2. The number of phenols is 1. The lowest BCUT2D eigenvalue weighted by Crippen LogP contribution is -2.04. The molecule has 0 aliphatic heterocycles. The van der Waals surface area contributed by atoms with E-state index in [2.05, 4.69) is 9.98 Å². The van der Waals surface area contributed by atoms with Crippen LogP contribution in [0.4, 0.5) is 27.6 Å². The third kappa shape index (κ3) is 3.20. The average molecular weight is 404 g/mol. The fraction of sp³-hybridized carbons (Fsp3) is 0. The van der Waals surface area contributed by atoms with Crippen LogP contribution in [0.2, 0.25) is 0 Å². The van der Waals surface area contributed by atoms with Crippen LogP contribution in [0.15, 0.2) is 51.9 Å². The van der Waals surface area contributed by atoms with Gasteiger partial charge in [-0.3, -0.25) is 4.99 Å². The van der Waals surface area contributed by atoms with Gasteiger partial charge in [0.1, 0.15) is 16.8 Å². The van der Waals surface area contributed by atoms with Gasteiger partial charge < -0.3 is 9.52 Å². The summed E-state index contributed by atoms with van der Waals surface area (Å²) < 4.78 is 73.2. The molecule has 146 valence electrons. The highest BCUT2D eigenvalue weighted by molar-refractivity contribution is 5.87. The fourth-order valence-corrected chi connectivity index (χ4v) is 2.64. The summed E-state index contributed by atoms with van der Waals surface area (Å²) in [7, 11) is 0. The van der Waals surface area contributed by atoms with Crippen LogP contribution in [0.5, 0.6) is 5.75 Å². The van der Waals surface area contributed by atoms with E-state index in [9.17, 15) is 27.1 Å². The molecule has 0 saturated carbocycles. The van der Waals surface area contributed by atoms with Crippen LogP contribution >= 0.6 is 0 Å². The molecule has 0 amide bonds. The maximum Gasteiger partial charge on any atom is 0.233 e. The second-order valence-corrected chi connectivity index (χ2v) is 5.93. The zero-order valence-corrected chi connectivity index (χ0v) is 14.3. The Labute approximate surface area is 159 Å². The molecule has 0 spiro atoms. The van der Waals surface area contributed by atoms with Crippen molar-refractivity contribution in [2.75, 3.05) is 0 Å². The average Bonchev–Trinajstić information content (AvgIpc) is 3.13. The SMILES string of the molecule is Oc1ccccc1C=Nc1ccc2oc(-c3c(F)c(F)c(F)c(F)c3F)nc2c1. The van der Waals surface area contributed by atoms with Crippen molar-refractivity contribution >= 4 is 23.0 Å². The highest BCUT2D eigenvalue weighted by atomic mass is 19.2. The summed E-state index contributed by atoms with van der Waals surface area (Å²) in [5.41, 5.74) is -0.286. The third-order valence-corrected chi connectivity index (χ3v) is 4.08. The first-order valence-electron chi connectivity index (χ1n) is 8.11. The molecule has 0 atom stereocenters. The smallest absolute Gasteiger partial charge is 0.233 e. The Hall–Kier alpha value is -3.75. The number of aliphatic imine (C=N–C) groups is 1. The van der Waals surface area contributed by atoms with Crippen LogP contribution in [0.25, 0.3) is 22.6 Å². The Kier molecular flexibility index (Phi) is 4.50. The highest BCUT2D eigenvalue weighted by Crippen LogP contribution is 2.33. The molecule has 9 heteroatoms. The van der Waals surface area contributed by atoms with Gasteiger partial charge in [-0.05, 0) is 30.3 Å². The molecule has 4 rings (SSSR count). The molecule has 3 aromatic carbocycles. The quantitative estimate of drug-likeness (QED) is 0.208. The Morgan fingerprint density at radius 2 is 1.52 bits per heavy atom. The first kappa shape index (κ1) is 18.6. The summed E-state index contributed by atoms with van der Waals surface area (Å²) in [4.78, 5) is 7.98. The molecule has 0 saturated heterocycles. The number of aromatic hydroxyl groups is 1. The van der Waals surface area contributed by atoms with Gasteiger partial charge in [-0.2, -0.15) is 0 Å². The first-order valence-corrected chi connectivity index (χ1v) is 8.11. The summed E-state index contributed by atoms with van der Waals surface area (Å²) in [6.07, 6.45) is 1.39. The number of aromatic nitrogens is 1. The minimum atomic E-state index is -2.26. The molecule has 0 aliphatic carbocycles. The van der Waals surface area contributed by atoms with Crippen LogP contribution in [0, 0.1) is 29.1 Å². The van der Waals surface area contributed by atoms with Crippen molar-refractivity contribution in [3.8, 4) is 17.2 Å². The van der Waals surface area contributed by atoms with Crippen molar-refractivity contribution in [1.82, 2.24) is 4.98 Å². The van der Waals surface area contributed by atoms with E-state index in [1.54, 1.807) is 18.2 Å². The van der Waals surface area contributed by atoms with Gasteiger partial charge in [0.2, 0.25) is 11.7 Å². The molecule has 29 heavy (non-hydrogen) atoms. The number of benzene rings is 3. The second-order valence-electron chi connectivity index (χ2n) is 5.93. The molecule has 4 aromatic rings. The Morgan fingerprint density at radius 3 is 2.21 bits per heavy atom. The monoisotopic (exact) mass is 404 g/mol. The number of nitrogens with zero attached hydrogens (tertiary/aromatic N) is 2. The van der Waals surface area contributed by atoms with E-state index >= 15 is 0 Å². The predicted octanol–water partition coefficient (Wildman–Crippen LogP) is 5.65. The van der Waals surface area contributed by atoms with E-state index in [0.29, 0.717) is 11.3 Å². The van der Waals surface area contributed by atoms with E-state index in [-0.39, 0.29) is 16.8 Å². The van der Waals surface area contributed by atoms with E-state index in [4.69, 9.17) is 4.42 Å². The van der Waals surface area contributed by atoms with Crippen molar-refractivity contribution in [2.45, 2.75) is 0 Å². The molecule has 1 aromatic heterocycles. The topological polar surface area (TPSA) is 58.6 Å². The van der Waals surface area contributed by atoms with Crippen molar-refractivity contribution < 1.29 is 31.5 Å². The molecule has 4 nitrogen and oxygen atoms in total. The van der Waals surface area contributed by atoms with Crippen molar-refractivity contribution in [3.63, 3.8) is 0 Å². The van der Waals surface area contributed by atoms with Gasteiger partial charge in [-0.1, -0.05) is 12.1 Å². The number of oxazole rings is 1. The number of hydrogen-bond donors (Lipinski definition) is 1. The zero-order chi connectivity index (χ0) is 20.7. The van der Waals surface area contributed by atoms with E-state index < -0.39 is 40.5 Å². The van der Waals surface area contributed by atoms with E-state index in [1.807, 2.05) is 0 Å². The summed E-state index contributed by atoms with van der Waals surface area (Å²) >= 11 is 0. The van der Waals surface area contributed by atoms with Crippen LogP contribution in [0.1, 0.15) is 5.56 Å². The van der Waals surface area contributed by atoms with Gasteiger partial charge in [-0.25, -0.2) is 26.9 Å². The highest BCUT2D eigenvalue weighted by Gasteiger charge is 2.29. The standard InChI is InChI=1S/C20H9F5N2O2/c21-15-14(16(22)18(24)19(25)17(15)23)20-27-11-7-10(5-6-13(11)29-20)26-8-9-3-1-2-4-12(9)28/h1-8,28H. The van der Waals surface area contributed by atoms with Crippen LogP contribution in [-0.2, 0) is 0 Å². The number of phenolic OH excluding ortho intramolecular Hbond substituents is 1. The normalized spacial score (nSPS) is 11.6. The van der Waals surface area contributed by atoms with Crippen LogP contribution in [-0.4, -0.2) is 16.3 Å². The van der Waals surface area contributed by atoms with Crippen molar-refractivity contribution in [1.29, 1.82) is 0 Å². The largest absolute Gasteiger partial charge is 0.507 e. The molecule has 0 bridgehead atoms. The maximum absolute atomic E-state index is 14.0. The van der Waals surface area contributed by atoms with Crippen molar-refractivity contribution in [3.05, 3.63) is 77.1 Å². The molecule has 0 aliphatic rings. The molecule has 0 radical (unpaired) electrons. The second kappa shape index (κ2) is 7.01. The number of rotatable bonds is 3. The molecule has 1 heterocycles. The maximum atomic E-state index is 14.0. The number of hydrogen-bond acceptors (Lipinski definition) is 4. The predicted molar refractivity (Wildman–Crippen MR) is 94.6 cm³/mol. The van der Waals surface area contributed by atoms with Gasteiger partial charge >= 0.3 is 0 Å². The lowest BCUT2D eigenvalue weighted by molar-refractivity contribution is 0.379. The Balaban J connectivity index is 1.76. The van der Waals surface area contributed by atoms with E-state index in [1.165, 1.54) is 30.5 Å². The third-order valence-electron chi connectivity index (χ3n) is 4.08. The van der Waals surface area contributed by atoms with Crippen LogP contribution in [0.3, 0.4) is 0 Å². The number of halogens is 5. The lowest BCUT2D eigenvalue weighted by atomic mass is 10.1. The Bertz CT molecular complexity index is 1250. The molecule has 0 fully saturated rings. The minimum absolute atomic E-state index is 0.0207.